The van der Waals surface area contributed by atoms with Crippen LogP contribution in [0.3, 0.4) is 0 Å². The maximum Gasteiger partial charge on any atom is 0.258 e. The molecule has 1 aliphatic heterocycles. The lowest BCUT2D eigenvalue weighted by Crippen LogP contribution is -2.38. The maximum absolute atomic E-state index is 12.5. The van der Waals surface area contributed by atoms with Gasteiger partial charge in [0.05, 0.1) is 0 Å². The van der Waals surface area contributed by atoms with Crippen molar-refractivity contribution in [3.8, 4) is 11.5 Å². The van der Waals surface area contributed by atoms with Crippen LogP contribution in [0.15, 0.2) is 41.4 Å². The molecule has 1 amide bonds. The van der Waals surface area contributed by atoms with E-state index in [4.69, 9.17) is 4.52 Å². The molecule has 1 fully saturated rings. The molecule has 1 saturated heterocycles. The van der Waals surface area contributed by atoms with Gasteiger partial charge in [-0.1, -0.05) is 5.16 Å². The topological polar surface area (TPSA) is 89.9 Å². The van der Waals surface area contributed by atoms with Crippen LogP contribution in [-0.4, -0.2) is 48.6 Å². The average molecular weight is 366 g/mol. The zero-order valence-electron chi connectivity index (χ0n) is 15.3. The van der Waals surface area contributed by atoms with Crippen molar-refractivity contribution in [3.05, 3.63) is 48.6 Å². The molecule has 0 atom stereocenters. The molecule has 0 unspecified atom stereocenters. The van der Waals surface area contributed by atoms with Gasteiger partial charge in [-0.3, -0.25) is 9.78 Å². The lowest BCUT2D eigenvalue weighted by molar-refractivity contribution is -0.132. The molecule has 4 heterocycles. The van der Waals surface area contributed by atoms with E-state index in [1.807, 2.05) is 34.7 Å². The summed E-state index contributed by atoms with van der Waals surface area (Å²) in [6.45, 7) is 4.07. The van der Waals surface area contributed by atoms with Gasteiger partial charge in [0.2, 0.25) is 5.91 Å². The molecule has 1 aliphatic rings. The van der Waals surface area contributed by atoms with Crippen LogP contribution < -0.4 is 0 Å². The Morgan fingerprint density at radius 2 is 2.00 bits per heavy atom. The Morgan fingerprint density at radius 3 is 2.70 bits per heavy atom. The minimum atomic E-state index is 0.187. The highest BCUT2D eigenvalue weighted by molar-refractivity contribution is 5.76. The van der Waals surface area contributed by atoms with Crippen molar-refractivity contribution in [1.29, 1.82) is 0 Å². The molecule has 27 heavy (non-hydrogen) atoms. The number of hydrogen-bond donors (Lipinski definition) is 0. The van der Waals surface area contributed by atoms with E-state index in [0.29, 0.717) is 18.9 Å². The van der Waals surface area contributed by atoms with E-state index in [9.17, 15) is 4.79 Å². The molecule has 0 aromatic carbocycles. The molecule has 4 rings (SSSR count). The normalized spacial score (nSPS) is 15.2. The van der Waals surface area contributed by atoms with Gasteiger partial charge in [-0.05, 0) is 31.9 Å². The Morgan fingerprint density at radius 1 is 1.22 bits per heavy atom. The number of carbonyl (C=O) groups excluding carboxylic acids is 1. The van der Waals surface area contributed by atoms with Gasteiger partial charge in [-0.2, -0.15) is 4.98 Å². The highest BCUT2D eigenvalue weighted by atomic mass is 16.5. The number of carbonyl (C=O) groups is 1. The first-order valence-electron chi connectivity index (χ1n) is 9.20. The van der Waals surface area contributed by atoms with Crippen molar-refractivity contribution in [2.45, 2.75) is 38.6 Å². The van der Waals surface area contributed by atoms with Crippen molar-refractivity contribution < 1.29 is 9.32 Å². The fourth-order valence-electron chi connectivity index (χ4n) is 3.41. The number of likely N-dealkylation sites (tertiary alicyclic amines) is 1. The molecule has 0 aliphatic carbocycles. The van der Waals surface area contributed by atoms with E-state index in [1.54, 1.807) is 18.6 Å². The molecule has 0 spiro atoms. The third-order valence-electron chi connectivity index (χ3n) is 5.07. The standard InChI is InChI=1S/C19H22N6O2/c1-14-21-9-13-24(14)12-6-17(26)25-10-4-15(5-11-25)18-22-19(27-23-18)16-2-7-20-8-3-16/h2-3,7-9,13,15H,4-6,10-12H2,1H3. The Hall–Kier alpha value is -3.03. The van der Waals surface area contributed by atoms with E-state index in [0.717, 1.165) is 43.1 Å². The minimum absolute atomic E-state index is 0.187. The second-order valence-corrected chi connectivity index (χ2v) is 6.77. The van der Waals surface area contributed by atoms with Crippen LogP contribution in [-0.2, 0) is 11.3 Å². The maximum atomic E-state index is 12.5. The van der Waals surface area contributed by atoms with Crippen molar-refractivity contribution in [2.24, 2.45) is 0 Å². The highest BCUT2D eigenvalue weighted by Gasteiger charge is 2.27. The Bertz CT molecular complexity index is 896. The minimum Gasteiger partial charge on any atom is -0.343 e. The summed E-state index contributed by atoms with van der Waals surface area (Å²) in [4.78, 5) is 27.1. The third-order valence-corrected chi connectivity index (χ3v) is 5.07. The molecular weight excluding hydrogens is 344 g/mol. The monoisotopic (exact) mass is 366 g/mol. The largest absolute Gasteiger partial charge is 0.343 e. The molecule has 0 radical (unpaired) electrons. The smallest absolute Gasteiger partial charge is 0.258 e. The highest BCUT2D eigenvalue weighted by Crippen LogP contribution is 2.28. The number of aryl methyl sites for hydroxylation is 2. The number of nitrogens with zero attached hydrogens (tertiary/aromatic N) is 6. The van der Waals surface area contributed by atoms with Gasteiger partial charge in [0, 0.05) is 62.3 Å². The van der Waals surface area contributed by atoms with Gasteiger partial charge in [0.1, 0.15) is 5.82 Å². The van der Waals surface area contributed by atoms with E-state index in [2.05, 4.69) is 20.1 Å². The fourth-order valence-corrected chi connectivity index (χ4v) is 3.41. The van der Waals surface area contributed by atoms with Crippen LogP contribution in [0.4, 0.5) is 0 Å². The van der Waals surface area contributed by atoms with Crippen LogP contribution in [0.1, 0.15) is 36.8 Å². The second kappa shape index (κ2) is 7.69. The molecule has 3 aromatic rings. The molecular formula is C19H22N6O2. The van der Waals surface area contributed by atoms with Gasteiger partial charge >= 0.3 is 0 Å². The van der Waals surface area contributed by atoms with E-state index in [1.165, 1.54) is 0 Å². The summed E-state index contributed by atoms with van der Waals surface area (Å²) in [5.41, 5.74) is 0.867. The molecule has 8 nitrogen and oxygen atoms in total. The second-order valence-electron chi connectivity index (χ2n) is 6.77. The number of aromatic nitrogens is 5. The average Bonchev–Trinajstić information content (AvgIpc) is 3.36. The predicted octanol–water partition coefficient (Wildman–Crippen LogP) is 2.43. The van der Waals surface area contributed by atoms with Crippen LogP contribution in [0.2, 0.25) is 0 Å². The Balaban J connectivity index is 1.30. The molecule has 140 valence electrons. The van der Waals surface area contributed by atoms with Crippen LogP contribution in [0, 0.1) is 6.92 Å². The Labute approximate surface area is 157 Å². The third kappa shape index (κ3) is 3.89. The summed E-state index contributed by atoms with van der Waals surface area (Å²) in [5.74, 6) is 2.59. The van der Waals surface area contributed by atoms with Gasteiger partial charge in [0.15, 0.2) is 5.82 Å². The van der Waals surface area contributed by atoms with Gasteiger partial charge < -0.3 is 14.0 Å². The lowest BCUT2D eigenvalue weighted by Gasteiger charge is -2.30. The summed E-state index contributed by atoms with van der Waals surface area (Å²) in [7, 11) is 0. The van der Waals surface area contributed by atoms with Crippen molar-refractivity contribution in [3.63, 3.8) is 0 Å². The fraction of sp³-hybridized carbons (Fsp3) is 0.421. The molecule has 0 saturated carbocycles. The van der Waals surface area contributed by atoms with Crippen molar-refractivity contribution >= 4 is 5.91 Å². The number of piperidine rings is 1. The Kier molecular flexibility index (Phi) is 4.95. The van der Waals surface area contributed by atoms with Crippen LogP contribution >= 0.6 is 0 Å². The number of imidazole rings is 1. The van der Waals surface area contributed by atoms with Crippen molar-refractivity contribution in [2.75, 3.05) is 13.1 Å². The molecule has 8 heteroatoms. The molecule has 0 bridgehead atoms. The quantitative estimate of drug-likeness (QED) is 0.689. The summed E-state index contributed by atoms with van der Waals surface area (Å²) in [5, 5.41) is 4.15. The lowest BCUT2D eigenvalue weighted by atomic mass is 9.96. The van der Waals surface area contributed by atoms with Gasteiger partial charge in [-0.25, -0.2) is 4.98 Å². The number of hydrogen-bond acceptors (Lipinski definition) is 6. The summed E-state index contributed by atoms with van der Waals surface area (Å²) in [6, 6.07) is 3.70. The van der Waals surface area contributed by atoms with Crippen LogP contribution in [0.25, 0.3) is 11.5 Å². The first-order valence-corrected chi connectivity index (χ1v) is 9.20. The van der Waals surface area contributed by atoms with Gasteiger partial charge in [0.25, 0.3) is 5.89 Å². The summed E-state index contributed by atoms with van der Waals surface area (Å²) >= 11 is 0. The van der Waals surface area contributed by atoms with E-state index < -0.39 is 0 Å². The molecule has 0 N–H and O–H groups in total. The van der Waals surface area contributed by atoms with Gasteiger partial charge in [-0.15, -0.1) is 0 Å². The molecule has 3 aromatic heterocycles. The van der Waals surface area contributed by atoms with Crippen molar-refractivity contribution in [1.82, 2.24) is 29.6 Å². The van der Waals surface area contributed by atoms with E-state index >= 15 is 0 Å². The summed E-state index contributed by atoms with van der Waals surface area (Å²) < 4.78 is 7.40. The number of rotatable bonds is 5. The zero-order valence-corrected chi connectivity index (χ0v) is 15.3. The SMILES string of the molecule is Cc1nccn1CCC(=O)N1CCC(c2noc(-c3ccncc3)n2)CC1. The van der Waals surface area contributed by atoms with Crippen LogP contribution in [0.5, 0.6) is 0 Å². The number of pyridine rings is 1. The zero-order chi connectivity index (χ0) is 18.6. The summed E-state index contributed by atoms with van der Waals surface area (Å²) in [6.07, 6.45) is 9.28. The first-order chi connectivity index (χ1) is 13.2. The number of amides is 1. The predicted molar refractivity (Wildman–Crippen MR) is 97.7 cm³/mol. The first kappa shape index (κ1) is 17.4. The van der Waals surface area contributed by atoms with E-state index in [-0.39, 0.29) is 11.8 Å².